The van der Waals surface area contributed by atoms with Crippen molar-refractivity contribution in [3.63, 3.8) is 0 Å². The van der Waals surface area contributed by atoms with Crippen molar-refractivity contribution in [2.75, 3.05) is 32.1 Å². The van der Waals surface area contributed by atoms with Gasteiger partial charge in [-0.25, -0.2) is 4.98 Å². The van der Waals surface area contributed by atoms with E-state index in [0.717, 1.165) is 36.8 Å². The Kier molecular flexibility index (Phi) is 5.35. The minimum atomic E-state index is 0.0211. The van der Waals surface area contributed by atoms with Crippen LogP contribution in [0.1, 0.15) is 28.9 Å². The molecule has 1 aliphatic heterocycles. The molecular formula is C18H23N3O2S. The smallest absolute Gasteiger partial charge is 0.273 e. The number of hydrogen-bond acceptors (Lipinski definition) is 5. The normalized spacial score (nSPS) is 17.6. The molecule has 1 saturated heterocycles. The Bertz CT molecular complexity index is 684. The number of rotatable bonds is 5. The lowest BCUT2D eigenvalue weighted by molar-refractivity contribution is 0.0628. The molecule has 1 unspecified atom stereocenters. The molecule has 0 saturated carbocycles. The molecule has 1 amide bonds. The van der Waals surface area contributed by atoms with Crippen LogP contribution in [-0.4, -0.2) is 42.5 Å². The lowest BCUT2D eigenvalue weighted by Crippen LogP contribution is -2.41. The fraction of sp³-hybridized carbons (Fsp3) is 0.444. The van der Waals surface area contributed by atoms with Crippen molar-refractivity contribution >= 4 is 22.4 Å². The molecule has 128 valence electrons. The summed E-state index contributed by atoms with van der Waals surface area (Å²) in [7, 11) is 1.81. The number of aromatic nitrogens is 1. The van der Waals surface area contributed by atoms with E-state index in [4.69, 9.17) is 4.74 Å². The summed E-state index contributed by atoms with van der Waals surface area (Å²) in [5.41, 5.74) is 1.76. The molecule has 0 bridgehead atoms. The van der Waals surface area contributed by atoms with Crippen LogP contribution < -0.4 is 10.1 Å². The van der Waals surface area contributed by atoms with Gasteiger partial charge >= 0.3 is 0 Å². The summed E-state index contributed by atoms with van der Waals surface area (Å²) in [6, 6.07) is 8.09. The molecule has 0 aliphatic carbocycles. The first-order chi connectivity index (χ1) is 11.7. The van der Waals surface area contributed by atoms with Gasteiger partial charge in [-0.05, 0) is 31.9 Å². The Morgan fingerprint density at radius 3 is 2.92 bits per heavy atom. The number of benzene rings is 1. The van der Waals surface area contributed by atoms with Crippen LogP contribution in [0.2, 0.25) is 0 Å². The molecule has 2 aromatic rings. The van der Waals surface area contributed by atoms with Crippen LogP contribution in [0.4, 0.5) is 5.13 Å². The highest BCUT2D eigenvalue weighted by molar-refractivity contribution is 7.13. The molecule has 5 nitrogen and oxygen atoms in total. The van der Waals surface area contributed by atoms with E-state index in [1.54, 1.807) is 0 Å². The van der Waals surface area contributed by atoms with Gasteiger partial charge in [0.15, 0.2) is 5.13 Å². The molecule has 3 rings (SSSR count). The summed E-state index contributed by atoms with van der Waals surface area (Å²) < 4.78 is 5.89. The Morgan fingerprint density at radius 1 is 1.42 bits per heavy atom. The van der Waals surface area contributed by atoms with Gasteiger partial charge in [-0.1, -0.05) is 17.7 Å². The SMILES string of the molecule is CNc1nc(C(=O)N2CCCC(COc3ccc(C)cc3)C2)cs1. The second-order valence-corrected chi connectivity index (χ2v) is 7.03. The highest BCUT2D eigenvalue weighted by Gasteiger charge is 2.26. The summed E-state index contributed by atoms with van der Waals surface area (Å²) in [5, 5.41) is 5.57. The van der Waals surface area contributed by atoms with E-state index >= 15 is 0 Å². The number of ether oxygens (including phenoxy) is 1. The Balaban J connectivity index is 1.55. The topological polar surface area (TPSA) is 54.5 Å². The summed E-state index contributed by atoms with van der Waals surface area (Å²) in [6.45, 7) is 4.24. The highest BCUT2D eigenvalue weighted by Crippen LogP contribution is 2.22. The number of piperidine rings is 1. The highest BCUT2D eigenvalue weighted by atomic mass is 32.1. The van der Waals surface area contributed by atoms with Gasteiger partial charge in [-0.15, -0.1) is 11.3 Å². The predicted octanol–water partition coefficient (Wildman–Crippen LogP) is 3.42. The van der Waals surface area contributed by atoms with Crippen molar-refractivity contribution in [1.82, 2.24) is 9.88 Å². The van der Waals surface area contributed by atoms with Gasteiger partial charge in [-0.2, -0.15) is 0 Å². The van der Waals surface area contributed by atoms with Gasteiger partial charge in [0, 0.05) is 31.4 Å². The van der Waals surface area contributed by atoms with Gasteiger partial charge in [0.25, 0.3) is 5.91 Å². The molecule has 1 aliphatic rings. The molecule has 1 fully saturated rings. The van der Waals surface area contributed by atoms with Crippen LogP contribution in [0.25, 0.3) is 0 Å². The molecule has 0 spiro atoms. The lowest BCUT2D eigenvalue weighted by atomic mass is 9.98. The molecule has 1 atom stereocenters. The van der Waals surface area contributed by atoms with Gasteiger partial charge in [0.2, 0.25) is 0 Å². The average Bonchev–Trinajstić information content (AvgIpc) is 3.10. The summed E-state index contributed by atoms with van der Waals surface area (Å²) in [6.07, 6.45) is 2.10. The molecule has 2 heterocycles. The van der Waals surface area contributed by atoms with Crippen LogP contribution in [0.5, 0.6) is 5.75 Å². The van der Waals surface area contributed by atoms with Gasteiger partial charge in [-0.3, -0.25) is 4.79 Å². The monoisotopic (exact) mass is 345 g/mol. The van der Waals surface area contributed by atoms with Crippen molar-refractivity contribution in [3.8, 4) is 5.75 Å². The number of amides is 1. The van der Waals surface area contributed by atoms with Crippen molar-refractivity contribution in [2.24, 2.45) is 5.92 Å². The standard InChI is InChI=1S/C18H23N3O2S/c1-13-5-7-15(8-6-13)23-11-14-4-3-9-21(10-14)17(22)16-12-24-18(19-2)20-16/h5-8,12,14H,3-4,9-11H2,1-2H3,(H,19,20). The third-order valence-electron chi connectivity index (χ3n) is 4.25. The molecule has 1 N–H and O–H groups in total. The largest absolute Gasteiger partial charge is 0.493 e. The van der Waals surface area contributed by atoms with Crippen LogP contribution in [0.3, 0.4) is 0 Å². The van der Waals surface area contributed by atoms with E-state index in [9.17, 15) is 4.79 Å². The second kappa shape index (κ2) is 7.66. The first-order valence-corrected chi connectivity index (χ1v) is 9.15. The molecular weight excluding hydrogens is 322 g/mol. The zero-order chi connectivity index (χ0) is 16.9. The number of carbonyl (C=O) groups is 1. The van der Waals surface area contributed by atoms with E-state index in [-0.39, 0.29) is 5.91 Å². The van der Waals surface area contributed by atoms with E-state index in [1.807, 2.05) is 41.6 Å². The Morgan fingerprint density at radius 2 is 2.21 bits per heavy atom. The molecule has 1 aromatic heterocycles. The Labute approximate surface area is 146 Å². The van der Waals surface area contributed by atoms with E-state index in [2.05, 4.69) is 17.2 Å². The quantitative estimate of drug-likeness (QED) is 0.902. The van der Waals surface area contributed by atoms with Crippen LogP contribution in [-0.2, 0) is 0 Å². The second-order valence-electron chi connectivity index (χ2n) is 6.17. The average molecular weight is 345 g/mol. The van der Waals surface area contributed by atoms with Crippen LogP contribution in [0.15, 0.2) is 29.6 Å². The minimum absolute atomic E-state index is 0.0211. The zero-order valence-electron chi connectivity index (χ0n) is 14.1. The van der Waals surface area contributed by atoms with Crippen molar-refractivity contribution in [2.45, 2.75) is 19.8 Å². The third kappa shape index (κ3) is 4.06. The summed E-state index contributed by atoms with van der Waals surface area (Å²) in [5.74, 6) is 1.28. The first-order valence-electron chi connectivity index (χ1n) is 8.27. The zero-order valence-corrected chi connectivity index (χ0v) is 14.9. The van der Waals surface area contributed by atoms with Crippen LogP contribution >= 0.6 is 11.3 Å². The fourth-order valence-electron chi connectivity index (χ4n) is 2.88. The van der Waals surface area contributed by atoms with E-state index < -0.39 is 0 Å². The van der Waals surface area contributed by atoms with Gasteiger partial charge in [0.1, 0.15) is 11.4 Å². The number of nitrogens with one attached hydrogen (secondary N) is 1. The summed E-state index contributed by atoms with van der Waals surface area (Å²) in [4.78, 5) is 18.8. The maximum atomic E-state index is 12.6. The fourth-order valence-corrected chi connectivity index (χ4v) is 3.53. The molecule has 1 aromatic carbocycles. The predicted molar refractivity (Wildman–Crippen MR) is 97.0 cm³/mol. The van der Waals surface area contributed by atoms with E-state index in [1.165, 1.54) is 16.9 Å². The number of hydrogen-bond donors (Lipinski definition) is 1. The number of nitrogens with zero attached hydrogens (tertiary/aromatic N) is 2. The maximum Gasteiger partial charge on any atom is 0.273 e. The van der Waals surface area contributed by atoms with Gasteiger partial charge < -0.3 is 15.0 Å². The number of aryl methyl sites for hydroxylation is 1. The first kappa shape index (κ1) is 16.8. The van der Waals surface area contributed by atoms with Crippen molar-refractivity contribution < 1.29 is 9.53 Å². The number of likely N-dealkylation sites (tertiary alicyclic amines) is 1. The van der Waals surface area contributed by atoms with Crippen LogP contribution in [0, 0.1) is 12.8 Å². The van der Waals surface area contributed by atoms with E-state index in [0.29, 0.717) is 18.2 Å². The summed E-state index contributed by atoms with van der Waals surface area (Å²) >= 11 is 1.46. The third-order valence-corrected chi connectivity index (χ3v) is 5.11. The Hall–Kier alpha value is -2.08. The maximum absolute atomic E-state index is 12.6. The number of thiazole rings is 1. The lowest BCUT2D eigenvalue weighted by Gasteiger charge is -2.32. The van der Waals surface area contributed by atoms with Gasteiger partial charge in [0.05, 0.1) is 6.61 Å². The molecule has 0 radical (unpaired) electrons. The van der Waals surface area contributed by atoms with Crippen molar-refractivity contribution in [1.29, 1.82) is 0 Å². The van der Waals surface area contributed by atoms with Crippen molar-refractivity contribution in [3.05, 3.63) is 40.9 Å². The molecule has 24 heavy (non-hydrogen) atoms. The molecule has 6 heteroatoms. The minimum Gasteiger partial charge on any atom is -0.493 e. The number of carbonyl (C=O) groups excluding carboxylic acids is 1. The number of anilines is 1.